The number of nitrogens with two attached hydrogens (primary N) is 1. The molecule has 3 nitrogen and oxygen atoms in total. The predicted molar refractivity (Wildman–Crippen MR) is 60.2 cm³/mol. The van der Waals surface area contributed by atoms with Crippen molar-refractivity contribution >= 4 is 36.6 Å². The average molecular weight is 242 g/mol. The second kappa shape index (κ2) is 5.75. The van der Waals surface area contributed by atoms with E-state index in [-0.39, 0.29) is 24.8 Å². The minimum Gasteiger partial charge on any atom is -0.330 e. The minimum atomic E-state index is 0. The van der Waals surface area contributed by atoms with Crippen molar-refractivity contribution in [3.05, 3.63) is 11.9 Å². The maximum Gasteiger partial charge on any atom is 0.168 e. The van der Waals surface area contributed by atoms with Crippen LogP contribution in [0.15, 0.2) is 11.4 Å². The molecule has 1 aliphatic heterocycles. The summed E-state index contributed by atoms with van der Waals surface area (Å²) in [6, 6.07) is 0. The molecule has 1 aliphatic rings. The van der Waals surface area contributed by atoms with Crippen molar-refractivity contribution in [2.75, 3.05) is 12.3 Å². The summed E-state index contributed by atoms with van der Waals surface area (Å²) in [6.45, 7) is 1.80. The fourth-order valence-electron chi connectivity index (χ4n) is 1.23. The number of halogens is 2. The van der Waals surface area contributed by atoms with Gasteiger partial charge in [-0.1, -0.05) is 11.8 Å². The van der Waals surface area contributed by atoms with Crippen LogP contribution in [0.4, 0.5) is 0 Å². The fraction of sp³-hybridized carbons (Fsp3) is 0.571. The van der Waals surface area contributed by atoms with Crippen molar-refractivity contribution in [1.82, 2.24) is 9.55 Å². The Morgan fingerprint density at radius 3 is 2.92 bits per heavy atom. The first-order valence-electron chi connectivity index (χ1n) is 3.79. The number of rotatable bonds is 2. The zero-order chi connectivity index (χ0) is 7.68. The Bertz CT molecular complexity index is 243. The van der Waals surface area contributed by atoms with E-state index in [1.807, 2.05) is 11.8 Å². The van der Waals surface area contributed by atoms with Gasteiger partial charge in [0.2, 0.25) is 0 Å². The van der Waals surface area contributed by atoms with E-state index < -0.39 is 0 Å². The Kier molecular flexibility index (Phi) is 5.80. The van der Waals surface area contributed by atoms with Crippen LogP contribution in [0.1, 0.15) is 5.69 Å². The van der Waals surface area contributed by atoms with E-state index in [2.05, 4.69) is 15.7 Å². The summed E-state index contributed by atoms with van der Waals surface area (Å²) < 4.78 is 2.20. The minimum absolute atomic E-state index is 0. The second-order valence-electron chi connectivity index (χ2n) is 2.60. The van der Waals surface area contributed by atoms with E-state index in [0.29, 0.717) is 6.54 Å². The Labute approximate surface area is 94.3 Å². The van der Waals surface area contributed by atoms with E-state index in [9.17, 15) is 0 Å². The number of hydrogen-bond acceptors (Lipinski definition) is 3. The van der Waals surface area contributed by atoms with Crippen LogP contribution in [-0.4, -0.2) is 21.8 Å². The van der Waals surface area contributed by atoms with Crippen LogP contribution in [0.25, 0.3) is 0 Å². The van der Waals surface area contributed by atoms with Crippen LogP contribution in [-0.2, 0) is 13.0 Å². The standard InChI is InChI=1S/C7H11N3S.2ClH/c8-2-1-6-5-10-3-4-11-7(10)9-6;;/h5H,1-4,8H2;2*1H. The molecule has 0 aliphatic carbocycles. The molecule has 0 unspecified atom stereocenters. The predicted octanol–water partition coefficient (Wildman–Crippen LogP) is 1.33. The van der Waals surface area contributed by atoms with E-state index >= 15 is 0 Å². The highest BCUT2D eigenvalue weighted by molar-refractivity contribution is 7.99. The molecule has 76 valence electrons. The lowest BCUT2D eigenvalue weighted by atomic mass is 10.3. The van der Waals surface area contributed by atoms with Gasteiger partial charge in [-0.3, -0.25) is 0 Å². The van der Waals surface area contributed by atoms with Crippen LogP contribution < -0.4 is 5.73 Å². The lowest BCUT2D eigenvalue weighted by Crippen LogP contribution is -2.02. The molecular formula is C7H13Cl2N3S. The molecule has 0 bridgehead atoms. The summed E-state index contributed by atoms with van der Waals surface area (Å²) in [5, 5.41) is 1.16. The molecule has 0 radical (unpaired) electrons. The molecule has 0 saturated heterocycles. The zero-order valence-electron chi connectivity index (χ0n) is 7.10. The van der Waals surface area contributed by atoms with Crippen molar-refractivity contribution in [2.24, 2.45) is 5.73 Å². The van der Waals surface area contributed by atoms with Gasteiger partial charge in [0.1, 0.15) is 0 Å². The Morgan fingerprint density at radius 2 is 2.31 bits per heavy atom. The van der Waals surface area contributed by atoms with Crippen LogP contribution in [0.2, 0.25) is 0 Å². The number of aromatic nitrogens is 2. The fourth-order valence-corrected chi connectivity index (χ4v) is 2.19. The summed E-state index contributed by atoms with van der Waals surface area (Å²) in [4.78, 5) is 4.43. The number of thioether (sulfide) groups is 1. The van der Waals surface area contributed by atoms with Crippen LogP contribution in [0.3, 0.4) is 0 Å². The summed E-state index contributed by atoms with van der Waals surface area (Å²) in [5.41, 5.74) is 6.56. The number of nitrogens with zero attached hydrogens (tertiary/aromatic N) is 2. The summed E-state index contributed by atoms with van der Waals surface area (Å²) in [5.74, 6) is 1.17. The maximum absolute atomic E-state index is 5.42. The lowest BCUT2D eigenvalue weighted by Gasteiger charge is -1.90. The van der Waals surface area contributed by atoms with E-state index in [4.69, 9.17) is 5.73 Å². The van der Waals surface area contributed by atoms with Gasteiger partial charge in [0.05, 0.1) is 5.69 Å². The third kappa shape index (κ3) is 2.77. The molecule has 0 aromatic carbocycles. The van der Waals surface area contributed by atoms with E-state index in [0.717, 1.165) is 23.8 Å². The molecule has 2 heterocycles. The van der Waals surface area contributed by atoms with Crippen LogP contribution in [0.5, 0.6) is 0 Å². The highest BCUT2D eigenvalue weighted by atomic mass is 35.5. The topological polar surface area (TPSA) is 43.8 Å². The molecule has 0 atom stereocenters. The summed E-state index contributed by atoms with van der Waals surface area (Å²) >= 11 is 1.83. The number of imidazole rings is 1. The van der Waals surface area contributed by atoms with Crippen molar-refractivity contribution in [2.45, 2.75) is 18.1 Å². The molecule has 13 heavy (non-hydrogen) atoms. The molecule has 2 N–H and O–H groups in total. The van der Waals surface area contributed by atoms with Gasteiger partial charge in [-0.05, 0) is 6.54 Å². The third-order valence-electron chi connectivity index (χ3n) is 1.75. The summed E-state index contributed by atoms with van der Waals surface area (Å²) in [6.07, 6.45) is 3.02. The van der Waals surface area contributed by atoms with Gasteiger partial charge in [0, 0.05) is 24.9 Å². The first-order valence-corrected chi connectivity index (χ1v) is 4.77. The van der Waals surface area contributed by atoms with E-state index in [1.165, 1.54) is 5.75 Å². The maximum atomic E-state index is 5.42. The van der Waals surface area contributed by atoms with Gasteiger partial charge in [-0.25, -0.2) is 4.98 Å². The van der Waals surface area contributed by atoms with Crippen molar-refractivity contribution < 1.29 is 0 Å². The molecular weight excluding hydrogens is 229 g/mol. The van der Waals surface area contributed by atoms with Crippen LogP contribution >= 0.6 is 36.6 Å². The number of aryl methyl sites for hydroxylation is 1. The highest BCUT2D eigenvalue weighted by Crippen LogP contribution is 2.24. The molecule has 0 amide bonds. The first-order chi connectivity index (χ1) is 5.40. The lowest BCUT2D eigenvalue weighted by molar-refractivity contribution is 0.719. The molecule has 0 spiro atoms. The molecule has 1 aromatic heterocycles. The molecule has 0 fully saturated rings. The second-order valence-corrected chi connectivity index (χ2v) is 3.66. The van der Waals surface area contributed by atoms with Gasteiger partial charge < -0.3 is 10.3 Å². The van der Waals surface area contributed by atoms with Gasteiger partial charge >= 0.3 is 0 Å². The summed E-state index contributed by atoms with van der Waals surface area (Å²) in [7, 11) is 0. The Hall–Kier alpha value is 0.1000. The van der Waals surface area contributed by atoms with E-state index in [1.54, 1.807) is 0 Å². The monoisotopic (exact) mass is 241 g/mol. The SMILES string of the molecule is Cl.Cl.NCCc1cn2c(n1)SCC2. The normalized spacial score (nSPS) is 13.0. The van der Waals surface area contributed by atoms with Gasteiger partial charge in [0.25, 0.3) is 0 Å². The largest absolute Gasteiger partial charge is 0.330 e. The first kappa shape index (κ1) is 13.1. The average Bonchev–Trinajstić information content (AvgIpc) is 2.46. The molecule has 6 heteroatoms. The van der Waals surface area contributed by atoms with Crippen LogP contribution in [0, 0.1) is 0 Å². The zero-order valence-corrected chi connectivity index (χ0v) is 9.55. The van der Waals surface area contributed by atoms with Gasteiger partial charge in [0.15, 0.2) is 5.16 Å². The molecule has 1 aromatic rings. The van der Waals surface area contributed by atoms with Crippen molar-refractivity contribution in [3.8, 4) is 0 Å². The van der Waals surface area contributed by atoms with Crippen molar-refractivity contribution in [3.63, 3.8) is 0 Å². The molecule has 0 saturated carbocycles. The smallest absolute Gasteiger partial charge is 0.168 e. The van der Waals surface area contributed by atoms with Gasteiger partial charge in [-0.15, -0.1) is 24.8 Å². The third-order valence-corrected chi connectivity index (χ3v) is 2.72. The number of fused-ring (bicyclic) bond motifs is 1. The quantitative estimate of drug-likeness (QED) is 0.850. The Morgan fingerprint density at radius 1 is 1.54 bits per heavy atom. The number of hydrogen-bond donors (Lipinski definition) is 1. The van der Waals surface area contributed by atoms with Gasteiger partial charge in [-0.2, -0.15) is 0 Å². The Balaban J connectivity index is 0.000000720. The van der Waals surface area contributed by atoms with Crippen molar-refractivity contribution in [1.29, 1.82) is 0 Å². The molecule has 2 rings (SSSR count). The highest BCUT2D eigenvalue weighted by Gasteiger charge is 2.13.